The Bertz CT molecular complexity index is 2220. The molecule has 3 heterocycles. The molecule has 1 amide bonds. The molecule has 7 rings (SSSR count). The molecule has 4 aromatic carbocycles. The van der Waals surface area contributed by atoms with E-state index in [0.29, 0.717) is 55.0 Å². The third-order valence-electron chi connectivity index (χ3n) is 7.94. The lowest BCUT2D eigenvalue weighted by Crippen LogP contribution is -2.41. The number of fused-ring (bicyclic) bond motifs is 2. The highest BCUT2D eigenvalue weighted by atomic mass is 35.5. The molecular weight excluding hydrogens is 641 g/mol. The first-order chi connectivity index (χ1) is 22.4. The van der Waals surface area contributed by atoms with Crippen LogP contribution in [0.1, 0.15) is 35.2 Å². The number of para-hydroxylation sites is 1. The first kappa shape index (κ1) is 29.9. The van der Waals surface area contributed by atoms with Gasteiger partial charge in [0, 0.05) is 21.2 Å². The number of amides is 1. The van der Waals surface area contributed by atoms with Gasteiger partial charge >= 0.3 is 5.97 Å². The van der Waals surface area contributed by atoms with E-state index in [1.54, 1.807) is 48.2 Å². The molecule has 10 heteroatoms. The van der Waals surface area contributed by atoms with E-state index in [-0.39, 0.29) is 22.6 Å². The Kier molecular flexibility index (Phi) is 7.94. The molecular formula is C36H25Cl2N3O4S. The minimum absolute atomic E-state index is 0.140. The normalized spacial score (nSPS) is 16.6. The lowest BCUT2D eigenvalue weighted by atomic mass is 9.93. The highest BCUT2D eigenvalue weighted by molar-refractivity contribution is 7.07. The molecule has 2 aliphatic rings. The fraction of sp³-hybridized carbons (Fsp3) is 0.111. The minimum Gasteiger partial charge on any atom is -0.463 e. The summed E-state index contributed by atoms with van der Waals surface area (Å²) in [5, 5.41) is 1.11. The number of hydrogen-bond donors (Lipinski definition) is 0. The number of halogens is 2. The molecule has 7 nitrogen and oxygen atoms in total. The third-order valence-corrected chi connectivity index (χ3v) is 9.50. The van der Waals surface area contributed by atoms with Gasteiger partial charge in [-0.05, 0) is 48.4 Å². The molecule has 0 bridgehead atoms. The molecule has 0 unspecified atom stereocenters. The van der Waals surface area contributed by atoms with Crippen molar-refractivity contribution in [2.24, 2.45) is 4.99 Å². The number of anilines is 1. The van der Waals surface area contributed by atoms with E-state index in [2.05, 4.69) is 0 Å². The lowest BCUT2D eigenvalue weighted by Gasteiger charge is -2.26. The molecule has 0 aliphatic carbocycles. The second-order valence-electron chi connectivity index (χ2n) is 10.7. The van der Waals surface area contributed by atoms with E-state index in [4.69, 9.17) is 32.9 Å². The first-order valence-electron chi connectivity index (χ1n) is 14.6. The van der Waals surface area contributed by atoms with Crippen LogP contribution < -0.4 is 19.8 Å². The molecule has 0 radical (unpaired) electrons. The summed E-state index contributed by atoms with van der Waals surface area (Å²) >= 11 is 13.5. The maximum Gasteiger partial charge on any atom is 0.338 e. The summed E-state index contributed by atoms with van der Waals surface area (Å²) in [7, 11) is 0. The Balaban J connectivity index is 1.49. The maximum absolute atomic E-state index is 14.6. The number of hydrogen-bond acceptors (Lipinski definition) is 6. The minimum atomic E-state index is -0.881. The summed E-state index contributed by atoms with van der Waals surface area (Å²) < 4.78 is 7.28. The summed E-state index contributed by atoms with van der Waals surface area (Å²) in [6.45, 7) is 2.17. The van der Waals surface area contributed by atoms with Crippen molar-refractivity contribution >= 4 is 63.4 Å². The summed E-state index contributed by atoms with van der Waals surface area (Å²) in [4.78, 5) is 49.5. The number of esters is 1. The second kappa shape index (κ2) is 12.2. The van der Waals surface area contributed by atoms with Gasteiger partial charge in [0.2, 0.25) is 0 Å². The fourth-order valence-electron chi connectivity index (χ4n) is 5.88. The van der Waals surface area contributed by atoms with Crippen LogP contribution in [-0.4, -0.2) is 23.1 Å². The second-order valence-corrected chi connectivity index (χ2v) is 12.6. The van der Waals surface area contributed by atoms with Gasteiger partial charge in [-0.15, -0.1) is 0 Å². The smallest absolute Gasteiger partial charge is 0.338 e. The van der Waals surface area contributed by atoms with Crippen LogP contribution in [0.5, 0.6) is 0 Å². The lowest BCUT2D eigenvalue weighted by molar-refractivity contribution is -0.138. The van der Waals surface area contributed by atoms with E-state index in [1.165, 1.54) is 4.57 Å². The first-order valence-corrected chi connectivity index (χ1v) is 16.1. The number of carbonyl (C=O) groups is 2. The summed E-state index contributed by atoms with van der Waals surface area (Å²) in [5.41, 5.74) is 4.09. The van der Waals surface area contributed by atoms with Crippen molar-refractivity contribution in [2.45, 2.75) is 19.5 Å². The molecule has 5 aromatic rings. The van der Waals surface area contributed by atoms with Crippen LogP contribution in [0.4, 0.5) is 5.69 Å². The summed E-state index contributed by atoms with van der Waals surface area (Å²) in [6, 6.07) is 30.2. The average Bonchev–Trinajstić information content (AvgIpc) is 3.54. The van der Waals surface area contributed by atoms with Gasteiger partial charge in [0.25, 0.3) is 11.5 Å². The zero-order chi connectivity index (χ0) is 31.9. The molecule has 0 saturated carbocycles. The Morgan fingerprint density at radius 2 is 1.52 bits per heavy atom. The number of benzene rings is 4. The third kappa shape index (κ3) is 5.18. The van der Waals surface area contributed by atoms with Crippen molar-refractivity contribution < 1.29 is 14.3 Å². The van der Waals surface area contributed by atoms with Gasteiger partial charge in [0.1, 0.15) is 4.53 Å². The van der Waals surface area contributed by atoms with Crippen molar-refractivity contribution in [1.82, 2.24) is 4.57 Å². The van der Waals surface area contributed by atoms with Gasteiger partial charge in [0.05, 0.1) is 41.7 Å². The van der Waals surface area contributed by atoms with E-state index >= 15 is 0 Å². The van der Waals surface area contributed by atoms with E-state index in [9.17, 15) is 14.4 Å². The number of thiazole rings is 1. The fourth-order valence-corrected chi connectivity index (χ4v) is 7.22. The Labute approximate surface area is 277 Å². The molecule has 228 valence electrons. The molecule has 0 fully saturated rings. The van der Waals surface area contributed by atoms with Crippen molar-refractivity contribution in [3.63, 3.8) is 0 Å². The molecule has 1 atom stereocenters. The van der Waals surface area contributed by atoms with Crippen LogP contribution in [0.2, 0.25) is 10.0 Å². The average molecular weight is 667 g/mol. The molecule has 2 aliphatic heterocycles. The van der Waals surface area contributed by atoms with Crippen LogP contribution in [0.15, 0.2) is 118 Å². The SMILES string of the molecule is CCOC(=O)C1=C(c2ccccc2)N=c2s/c(=C3/C(=O)N(Cc4ccc(Cl)cc4)c4ccccc43)c(=O)n2[C@@H]1c1ccc(Cl)cc1. The van der Waals surface area contributed by atoms with Crippen LogP contribution in [0.3, 0.4) is 0 Å². The number of nitrogens with zero attached hydrogens (tertiary/aromatic N) is 3. The van der Waals surface area contributed by atoms with Gasteiger partial charge in [-0.2, -0.15) is 0 Å². The van der Waals surface area contributed by atoms with Crippen molar-refractivity contribution in [3.8, 4) is 0 Å². The highest BCUT2D eigenvalue weighted by Crippen LogP contribution is 2.38. The van der Waals surface area contributed by atoms with E-state index in [1.807, 2.05) is 66.7 Å². The molecule has 0 saturated heterocycles. The predicted molar refractivity (Wildman–Crippen MR) is 181 cm³/mol. The molecule has 1 aromatic heterocycles. The van der Waals surface area contributed by atoms with Gasteiger partial charge in [-0.1, -0.05) is 107 Å². The monoisotopic (exact) mass is 665 g/mol. The van der Waals surface area contributed by atoms with Crippen molar-refractivity contribution in [1.29, 1.82) is 0 Å². The molecule has 0 spiro atoms. The number of aromatic nitrogens is 1. The Hall–Kier alpha value is -4.76. The van der Waals surface area contributed by atoms with Gasteiger partial charge in [0.15, 0.2) is 4.80 Å². The number of rotatable bonds is 6. The van der Waals surface area contributed by atoms with Crippen molar-refractivity contribution in [3.05, 3.63) is 161 Å². The Morgan fingerprint density at radius 1 is 0.870 bits per heavy atom. The summed E-state index contributed by atoms with van der Waals surface area (Å²) in [5.74, 6) is -0.878. The summed E-state index contributed by atoms with van der Waals surface area (Å²) in [6.07, 6.45) is 0. The van der Waals surface area contributed by atoms with Gasteiger partial charge in [-0.3, -0.25) is 14.2 Å². The number of carbonyl (C=O) groups excluding carboxylic acids is 2. The van der Waals surface area contributed by atoms with E-state index < -0.39 is 17.6 Å². The molecule has 46 heavy (non-hydrogen) atoms. The van der Waals surface area contributed by atoms with Crippen LogP contribution in [-0.2, 0) is 20.9 Å². The van der Waals surface area contributed by atoms with Crippen LogP contribution in [0.25, 0.3) is 11.3 Å². The number of ether oxygens (including phenoxy) is 1. The van der Waals surface area contributed by atoms with Crippen LogP contribution in [0, 0.1) is 0 Å². The standard InChI is InChI=1S/C36H25Cl2N3O4S/c1-2-45-35(44)29-30(22-8-4-3-5-9-22)39-36-41(31(29)23-14-18-25(38)19-15-23)34(43)32(46-36)28-26-10-6-7-11-27(26)40(33(28)42)20-21-12-16-24(37)17-13-21/h3-19,31H,2,20H2,1H3/b32-28+/t31-/m1/s1. The van der Waals surface area contributed by atoms with Crippen LogP contribution >= 0.6 is 34.5 Å². The molecule has 0 N–H and O–H groups in total. The van der Waals surface area contributed by atoms with Gasteiger partial charge in [-0.25, -0.2) is 9.79 Å². The van der Waals surface area contributed by atoms with E-state index in [0.717, 1.165) is 16.9 Å². The van der Waals surface area contributed by atoms with Gasteiger partial charge < -0.3 is 9.64 Å². The Morgan fingerprint density at radius 3 is 2.22 bits per heavy atom. The predicted octanol–water partition coefficient (Wildman–Crippen LogP) is 6.16. The maximum atomic E-state index is 14.6. The van der Waals surface area contributed by atoms with Crippen molar-refractivity contribution in [2.75, 3.05) is 11.5 Å². The zero-order valence-electron chi connectivity index (χ0n) is 24.4. The zero-order valence-corrected chi connectivity index (χ0v) is 26.8. The highest BCUT2D eigenvalue weighted by Gasteiger charge is 2.38. The topological polar surface area (TPSA) is 81.0 Å². The quantitative estimate of drug-likeness (QED) is 0.204. The largest absolute Gasteiger partial charge is 0.463 e.